The highest BCUT2D eigenvalue weighted by Crippen LogP contribution is 2.13. The van der Waals surface area contributed by atoms with E-state index in [-0.39, 0.29) is 23.0 Å². The maximum atomic E-state index is 12.3. The average molecular weight is 375 g/mol. The smallest absolute Gasteiger partial charge is 0.221 e. The second kappa shape index (κ2) is 8.96. The van der Waals surface area contributed by atoms with Gasteiger partial charge in [-0.05, 0) is 44.3 Å². The first-order valence-corrected chi connectivity index (χ1v) is 10.2. The largest absolute Gasteiger partial charge is 0.352 e. The maximum absolute atomic E-state index is 12.3. The summed E-state index contributed by atoms with van der Waals surface area (Å²) in [6.45, 7) is 3.16. The van der Waals surface area contributed by atoms with Crippen molar-refractivity contribution in [3.63, 3.8) is 0 Å². The van der Waals surface area contributed by atoms with E-state index < -0.39 is 9.84 Å². The molecule has 0 fully saturated rings. The third kappa shape index (κ3) is 6.28. The molecule has 0 aromatic heterocycles. The zero-order valence-corrected chi connectivity index (χ0v) is 16.3. The van der Waals surface area contributed by atoms with Gasteiger partial charge in [0.15, 0.2) is 9.84 Å². The van der Waals surface area contributed by atoms with Crippen molar-refractivity contribution in [2.75, 3.05) is 19.8 Å². The number of sulfone groups is 1. The SMILES string of the molecule is Cc1ccc(S(=O)(=O)CCC(=O)NCc2ccc(CN(C)C)cc2)cc1. The Morgan fingerprint density at radius 3 is 2.12 bits per heavy atom. The van der Waals surface area contributed by atoms with Crippen molar-refractivity contribution in [1.82, 2.24) is 10.2 Å². The van der Waals surface area contributed by atoms with Crippen LogP contribution < -0.4 is 5.32 Å². The molecule has 0 saturated heterocycles. The number of nitrogens with one attached hydrogen (secondary N) is 1. The molecule has 2 rings (SSSR count). The summed E-state index contributed by atoms with van der Waals surface area (Å²) < 4.78 is 24.5. The third-order valence-electron chi connectivity index (χ3n) is 3.99. The van der Waals surface area contributed by atoms with E-state index in [1.807, 2.05) is 45.3 Å². The molecule has 5 nitrogen and oxygen atoms in total. The van der Waals surface area contributed by atoms with Gasteiger partial charge in [0.1, 0.15) is 0 Å². The molecule has 1 N–H and O–H groups in total. The van der Waals surface area contributed by atoms with Crippen molar-refractivity contribution in [3.05, 3.63) is 65.2 Å². The van der Waals surface area contributed by atoms with Crippen LogP contribution in [0.5, 0.6) is 0 Å². The second-order valence-corrected chi connectivity index (χ2v) is 8.82. The molecule has 2 aromatic rings. The van der Waals surface area contributed by atoms with Gasteiger partial charge >= 0.3 is 0 Å². The van der Waals surface area contributed by atoms with Crippen molar-refractivity contribution in [2.24, 2.45) is 0 Å². The van der Waals surface area contributed by atoms with Crippen LogP contribution in [0.2, 0.25) is 0 Å². The maximum Gasteiger partial charge on any atom is 0.221 e. The van der Waals surface area contributed by atoms with Gasteiger partial charge in [-0.2, -0.15) is 0 Å². The molecule has 6 heteroatoms. The van der Waals surface area contributed by atoms with Crippen molar-refractivity contribution in [1.29, 1.82) is 0 Å². The van der Waals surface area contributed by atoms with Gasteiger partial charge in [0.05, 0.1) is 10.6 Å². The van der Waals surface area contributed by atoms with Crippen LogP contribution in [0.1, 0.15) is 23.1 Å². The van der Waals surface area contributed by atoms with Crippen molar-refractivity contribution in [2.45, 2.75) is 31.3 Å². The summed E-state index contributed by atoms with van der Waals surface area (Å²) in [6.07, 6.45) is -0.0467. The molecule has 140 valence electrons. The van der Waals surface area contributed by atoms with E-state index >= 15 is 0 Å². The zero-order chi connectivity index (χ0) is 19.2. The molecule has 2 aromatic carbocycles. The van der Waals surface area contributed by atoms with Gasteiger partial charge in [-0.15, -0.1) is 0 Å². The van der Waals surface area contributed by atoms with Crippen molar-refractivity contribution in [3.8, 4) is 0 Å². The lowest BCUT2D eigenvalue weighted by Gasteiger charge is -2.10. The number of aryl methyl sites for hydroxylation is 1. The molecule has 26 heavy (non-hydrogen) atoms. The van der Waals surface area contributed by atoms with Crippen LogP contribution in [0.25, 0.3) is 0 Å². The summed E-state index contributed by atoms with van der Waals surface area (Å²) in [5, 5.41) is 2.78. The van der Waals surface area contributed by atoms with Gasteiger partial charge in [0.25, 0.3) is 0 Å². The van der Waals surface area contributed by atoms with E-state index in [0.717, 1.165) is 17.7 Å². The Bertz CT molecular complexity index is 826. The first kappa shape index (κ1) is 20.1. The molecule has 0 bridgehead atoms. The summed E-state index contributed by atoms with van der Waals surface area (Å²) in [5.41, 5.74) is 3.19. The minimum absolute atomic E-state index is 0.0467. The van der Waals surface area contributed by atoms with Crippen molar-refractivity contribution < 1.29 is 13.2 Å². The fourth-order valence-electron chi connectivity index (χ4n) is 2.51. The number of hydrogen-bond donors (Lipinski definition) is 1. The minimum Gasteiger partial charge on any atom is -0.352 e. The quantitative estimate of drug-likeness (QED) is 0.771. The molecule has 0 aliphatic heterocycles. The number of carbonyl (C=O) groups excluding carboxylic acids is 1. The van der Waals surface area contributed by atoms with E-state index in [1.165, 1.54) is 5.56 Å². The predicted octanol–water partition coefficient (Wildman–Crippen LogP) is 2.54. The van der Waals surface area contributed by atoms with Gasteiger partial charge in [-0.1, -0.05) is 42.0 Å². The molecule has 0 heterocycles. The standard InChI is InChI=1S/C20H26N2O3S/c1-16-4-10-19(11-5-16)26(24,25)13-12-20(23)21-14-17-6-8-18(9-7-17)15-22(2)3/h4-11H,12-15H2,1-3H3,(H,21,23). The fourth-order valence-corrected chi connectivity index (χ4v) is 3.75. The summed E-state index contributed by atoms with van der Waals surface area (Å²) in [6, 6.07) is 14.7. The van der Waals surface area contributed by atoms with Crippen LogP contribution in [-0.2, 0) is 27.7 Å². The molecule has 0 unspecified atom stereocenters. The van der Waals surface area contributed by atoms with Gasteiger partial charge in [-0.3, -0.25) is 4.79 Å². The minimum atomic E-state index is -3.44. The lowest BCUT2D eigenvalue weighted by Crippen LogP contribution is -2.25. The Balaban J connectivity index is 1.82. The normalized spacial score (nSPS) is 11.5. The molecule has 0 saturated carbocycles. The molecule has 0 aliphatic carbocycles. The molecule has 1 amide bonds. The third-order valence-corrected chi connectivity index (χ3v) is 5.72. The Hall–Kier alpha value is -2.18. The number of hydrogen-bond acceptors (Lipinski definition) is 4. The first-order chi connectivity index (χ1) is 12.3. The summed E-state index contributed by atoms with van der Waals surface area (Å²) in [7, 11) is 0.588. The molecule has 0 radical (unpaired) electrons. The topological polar surface area (TPSA) is 66.5 Å². The molecular formula is C20H26N2O3S. The van der Waals surface area contributed by atoms with Crippen LogP contribution in [-0.4, -0.2) is 39.1 Å². The Labute approximate surface area is 156 Å². The number of nitrogens with zero attached hydrogens (tertiary/aromatic N) is 1. The highest BCUT2D eigenvalue weighted by atomic mass is 32.2. The summed E-state index contributed by atoms with van der Waals surface area (Å²) in [4.78, 5) is 14.3. The number of amides is 1. The number of carbonyl (C=O) groups is 1. The summed E-state index contributed by atoms with van der Waals surface area (Å²) in [5.74, 6) is -0.456. The highest BCUT2D eigenvalue weighted by Gasteiger charge is 2.16. The van der Waals surface area contributed by atoms with Gasteiger partial charge < -0.3 is 10.2 Å². The summed E-state index contributed by atoms with van der Waals surface area (Å²) >= 11 is 0. The first-order valence-electron chi connectivity index (χ1n) is 8.55. The van der Waals surface area contributed by atoms with Crippen LogP contribution >= 0.6 is 0 Å². The highest BCUT2D eigenvalue weighted by molar-refractivity contribution is 7.91. The monoisotopic (exact) mass is 374 g/mol. The van der Waals surface area contributed by atoms with Crippen molar-refractivity contribution >= 4 is 15.7 Å². The number of benzene rings is 2. The Kier molecular flexibility index (Phi) is 6.94. The Morgan fingerprint density at radius 1 is 0.962 bits per heavy atom. The lowest BCUT2D eigenvalue weighted by molar-refractivity contribution is -0.120. The lowest BCUT2D eigenvalue weighted by atomic mass is 10.1. The Morgan fingerprint density at radius 2 is 1.54 bits per heavy atom. The number of rotatable bonds is 8. The molecular weight excluding hydrogens is 348 g/mol. The molecule has 0 aliphatic rings. The van der Waals surface area contributed by atoms with Crippen LogP contribution in [0.4, 0.5) is 0 Å². The van der Waals surface area contributed by atoms with E-state index in [9.17, 15) is 13.2 Å². The molecule has 0 atom stereocenters. The second-order valence-electron chi connectivity index (χ2n) is 6.71. The van der Waals surface area contributed by atoms with Gasteiger partial charge in [0, 0.05) is 19.5 Å². The average Bonchev–Trinajstić information content (AvgIpc) is 2.59. The predicted molar refractivity (Wildman–Crippen MR) is 104 cm³/mol. The zero-order valence-electron chi connectivity index (χ0n) is 15.5. The fraction of sp³-hybridized carbons (Fsp3) is 0.350. The van der Waals surface area contributed by atoms with Gasteiger partial charge in [0.2, 0.25) is 5.91 Å². The van der Waals surface area contributed by atoms with E-state index in [0.29, 0.717) is 6.54 Å². The van der Waals surface area contributed by atoms with Crippen LogP contribution in [0, 0.1) is 6.92 Å². The van der Waals surface area contributed by atoms with Crippen LogP contribution in [0.3, 0.4) is 0 Å². The van der Waals surface area contributed by atoms with E-state index in [2.05, 4.69) is 10.2 Å². The van der Waals surface area contributed by atoms with Gasteiger partial charge in [-0.25, -0.2) is 8.42 Å². The van der Waals surface area contributed by atoms with E-state index in [1.54, 1.807) is 24.3 Å². The van der Waals surface area contributed by atoms with E-state index in [4.69, 9.17) is 0 Å². The molecule has 0 spiro atoms. The van der Waals surface area contributed by atoms with Crippen LogP contribution in [0.15, 0.2) is 53.4 Å².